The maximum atomic E-state index is 9.05. The van der Waals surface area contributed by atoms with Crippen LogP contribution < -0.4 is 5.32 Å². The number of fused-ring (bicyclic) bond motifs is 1. The van der Waals surface area contributed by atoms with E-state index < -0.39 is 0 Å². The highest BCUT2D eigenvalue weighted by atomic mass is 32.1. The van der Waals surface area contributed by atoms with E-state index in [0.29, 0.717) is 0 Å². The lowest BCUT2D eigenvalue weighted by Crippen LogP contribution is -2.42. The van der Waals surface area contributed by atoms with Crippen LogP contribution in [0.4, 0.5) is 0 Å². The van der Waals surface area contributed by atoms with Crippen LogP contribution in [0.1, 0.15) is 32.4 Å². The van der Waals surface area contributed by atoms with Gasteiger partial charge in [0, 0.05) is 36.5 Å². The van der Waals surface area contributed by atoms with Crippen LogP contribution in [-0.2, 0) is 6.54 Å². The van der Waals surface area contributed by atoms with Gasteiger partial charge in [-0.25, -0.2) is 4.98 Å². The van der Waals surface area contributed by atoms with E-state index in [0.717, 1.165) is 30.0 Å². The van der Waals surface area contributed by atoms with Gasteiger partial charge in [0.25, 0.3) is 0 Å². The molecule has 1 unspecified atom stereocenters. The molecule has 2 N–H and O–H groups in total. The molecule has 0 aromatic carbocycles. The maximum absolute atomic E-state index is 9.05. The summed E-state index contributed by atoms with van der Waals surface area (Å²) in [6.07, 6.45) is 5.83. The topological polar surface area (TPSA) is 49.6 Å². The Morgan fingerprint density at radius 1 is 1.59 bits per heavy atom. The molecule has 0 aliphatic heterocycles. The number of aliphatic hydroxyl groups is 1. The highest BCUT2D eigenvalue weighted by molar-refractivity contribution is 7.15. The van der Waals surface area contributed by atoms with E-state index >= 15 is 0 Å². The van der Waals surface area contributed by atoms with Crippen LogP contribution >= 0.6 is 11.3 Å². The summed E-state index contributed by atoms with van der Waals surface area (Å²) in [5.41, 5.74) is 1.04. The molecule has 0 saturated heterocycles. The van der Waals surface area contributed by atoms with Gasteiger partial charge in [-0.3, -0.25) is 4.40 Å². The lowest BCUT2D eigenvalue weighted by atomic mass is 9.95. The van der Waals surface area contributed by atoms with Crippen LogP contribution in [-0.4, -0.2) is 26.6 Å². The summed E-state index contributed by atoms with van der Waals surface area (Å²) in [5, 5.41) is 14.6. The molecule has 2 rings (SSSR count). The minimum atomic E-state index is -0.00814. The van der Waals surface area contributed by atoms with Gasteiger partial charge in [-0.15, -0.1) is 11.3 Å². The fourth-order valence-corrected chi connectivity index (χ4v) is 2.52. The fourth-order valence-electron chi connectivity index (χ4n) is 1.80. The predicted octanol–water partition coefficient (Wildman–Crippen LogP) is 2.04. The van der Waals surface area contributed by atoms with Crippen LogP contribution in [0.5, 0.6) is 0 Å². The molecular formula is C12H19N3OS. The fraction of sp³-hybridized carbons (Fsp3) is 0.583. The third-order valence-corrected chi connectivity index (χ3v) is 4.05. The minimum absolute atomic E-state index is 0.00814. The van der Waals surface area contributed by atoms with Gasteiger partial charge < -0.3 is 10.4 Å². The van der Waals surface area contributed by atoms with Crippen molar-refractivity contribution in [3.63, 3.8) is 0 Å². The molecule has 0 aliphatic carbocycles. The molecule has 2 aromatic rings. The number of hydrogen-bond donors (Lipinski definition) is 2. The summed E-state index contributed by atoms with van der Waals surface area (Å²) in [7, 11) is 0. The summed E-state index contributed by atoms with van der Waals surface area (Å²) < 4.78 is 2.04. The molecule has 0 bridgehead atoms. The Balaban J connectivity index is 1.99. The van der Waals surface area contributed by atoms with Gasteiger partial charge in [-0.05, 0) is 19.8 Å². The van der Waals surface area contributed by atoms with Crippen molar-refractivity contribution < 1.29 is 5.11 Å². The van der Waals surface area contributed by atoms with E-state index in [2.05, 4.69) is 24.1 Å². The first-order valence-electron chi connectivity index (χ1n) is 5.94. The molecule has 94 valence electrons. The third kappa shape index (κ3) is 2.86. The second-order valence-corrected chi connectivity index (χ2v) is 5.44. The number of aliphatic hydroxyl groups excluding tert-OH is 1. The van der Waals surface area contributed by atoms with E-state index in [1.807, 2.05) is 22.2 Å². The second kappa shape index (κ2) is 5.16. The molecule has 0 spiro atoms. The summed E-state index contributed by atoms with van der Waals surface area (Å²) >= 11 is 1.64. The second-order valence-electron chi connectivity index (χ2n) is 4.57. The highest BCUT2D eigenvalue weighted by Crippen LogP contribution is 2.16. The number of nitrogens with zero attached hydrogens (tertiary/aromatic N) is 2. The smallest absolute Gasteiger partial charge is 0.193 e. The molecule has 0 amide bonds. The lowest BCUT2D eigenvalue weighted by molar-refractivity contribution is 0.214. The Kier molecular flexibility index (Phi) is 3.81. The van der Waals surface area contributed by atoms with Crippen molar-refractivity contribution in [2.45, 2.75) is 38.8 Å². The van der Waals surface area contributed by atoms with Gasteiger partial charge in [0.1, 0.15) is 0 Å². The van der Waals surface area contributed by atoms with Gasteiger partial charge in [-0.1, -0.05) is 6.92 Å². The highest BCUT2D eigenvalue weighted by Gasteiger charge is 2.20. The predicted molar refractivity (Wildman–Crippen MR) is 70.3 cm³/mol. The monoisotopic (exact) mass is 253 g/mol. The van der Waals surface area contributed by atoms with Crippen LogP contribution in [0.25, 0.3) is 4.96 Å². The number of aromatic nitrogens is 2. The Bertz CT molecular complexity index is 450. The Hall–Kier alpha value is -0.910. The molecule has 0 aliphatic rings. The zero-order valence-corrected chi connectivity index (χ0v) is 11.1. The number of thiazole rings is 1. The van der Waals surface area contributed by atoms with E-state index in [-0.39, 0.29) is 12.1 Å². The van der Waals surface area contributed by atoms with Crippen LogP contribution in [0.2, 0.25) is 0 Å². The average molecular weight is 253 g/mol. The molecule has 2 heterocycles. The molecule has 0 radical (unpaired) electrons. The Labute approximate surface area is 105 Å². The molecule has 2 aromatic heterocycles. The molecule has 5 heteroatoms. The van der Waals surface area contributed by atoms with Gasteiger partial charge in [0.2, 0.25) is 0 Å². The minimum Gasteiger partial charge on any atom is -0.396 e. The first-order valence-corrected chi connectivity index (χ1v) is 6.82. The molecule has 0 fully saturated rings. The molecular weight excluding hydrogens is 234 g/mol. The third-order valence-electron chi connectivity index (χ3n) is 3.28. The average Bonchev–Trinajstić information content (AvgIpc) is 2.87. The number of rotatable bonds is 6. The van der Waals surface area contributed by atoms with E-state index in [1.165, 1.54) is 0 Å². The van der Waals surface area contributed by atoms with Crippen molar-refractivity contribution in [2.24, 2.45) is 0 Å². The zero-order chi connectivity index (χ0) is 12.3. The summed E-state index contributed by atoms with van der Waals surface area (Å²) in [6.45, 7) is 5.24. The van der Waals surface area contributed by atoms with Crippen LogP contribution in [0.3, 0.4) is 0 Å². The van der Waals surface area contributed by atoms with Gasteiger partial charge >= 0.3 is 0 Å². The number of nitrogens with one attached hydrogen (secondary N) is 1. The summed E-state index contributed by atoms with van der Waals surface area (Å²) in [5.74, 6) is 0. The number of hydrogen-bond acceptors (Lipinski definition) is 4. The zero-order valence-electron chi connectivity index (χ0n) is 10.3. The lowest BCUT2D eigenvalue weighted by Gasteiger charge is -2.28. The molecule has 0 saturated carbocycles. The van der Waals surface area contributed by atoms with Crippen LogP contribution in [0, 0.1) is 0 Å². The van der Waals surface area contributed by atoms with E-state index in [9.17, 15) is 0 Å². The van der Waals surface area contributed by atoms with Crippen molar-refractivity contribution in [2.75, 3.05) is 6.61 Å². The Morgan fingerprint density at radius 2 is 2.41 bits per heavy atom. The maximum Gasteiger partial charge on any atom is 0.193 e. The molecule has 1 atom stereocenters. The van der Waals surface area contributed by atoms with E-state index in [4.69, 9.17) is 5.11 Å². The molecule has 4 nitrogen and oxygen atoms in total. The summed E-state index contributed by atoms with van der Waals surface area (Å²) in [4.78, 5) is 5.56. The largest absolute Gasteiger partial charge is 0.396 e. The first kappa shape index (κ1) is 12.5. The van der Waals surface area contributed by atoms with Crippen molar-refractivity contribution in [3.05, 3.63) is 23.5 Å². The van der Waals surface area contributed by atoms with Gasteiger partial charge in [0.05, 0.1) is 5.69 Å². The molecule has 17 heavy (non-hydrogen) atoms. The van der Waals surface area contributed by atoms with Crippen LogP contribution in [0.15, 0.2) is 17.8 Å². The summed E-state index contributed by atoms with van der Waals surface area (Å²) in [6, 6.07) is 0. The van der Waals surface area contributed by atoms with Crippen molar-refractivity contribution in [1.29, 1.82) is 0 Å². The number of imidazole rings is 1. The van der Waals surface area contributed by atoms with Gasteiger partial charge in [-0.2, -0.15) is 0 Å². The Morgan fingerprint density at radius 3 is 3.06 bits per heavy atom. The SMILES string of the molecule is CCC(C)(CCO)NCc1cn2ccsc2n1. The van der Waals surface area contributed by atoms with E-state index in [1.54, 1.807) is 11.3 Å². The normalized spacial score (nSPS) is 15.2. The van der Waals surface area contributed by atoms with Crippen molar-refractivity contribution in [3.8, 4) is 0 Å². The van der Waals surface area contributed by atoms with Gasteiger partial charge in [0.15, 0.2) is 4.96 Å². The first-order chi connectivity index (χ1) is 8.17. The standard InChI is InChI=1S/C12H19N3OS/c1-3-12(2,4-6-16)13-8-10-9-15-5-7-17-11(15)14-10/h5,7,9,13,16H,3-4,6,8H2,1-2H3. The quantitative estimate of drug-likeness (QED) is 0.828. The van der Waals surface area contributed by atoms with Crippen molar-refractivity contribution in [1.82, 2.24) is 14.7 Å². The van der Waals surface area contributed by atoms with Crippen molar-refractivity contribution >= 4 is 16.3 Å².